The number of carbonyl (C=O) groups is 1. The Hall–Kier alpha value is -1.16. The van der Waals surface area contributed by atoms with Crippen LogP contribution in [0.4, 0.5) is 5.69 Å². The molecule has 0 spiro atoms. The summed E-state index contributed by atoms with van der Waals surface area (Å²) in [5.41, 5.74) is -0.0952. The van der Waals surface area contributed by atoms with Crippen molar-refractivity contribution in [1.82, 2.24) is 0 Å². The third-order valence-corrected chi connectivity index (χ3v) is 4.44. The lowest BCUT2D eigenvalue weighted by molar-refractivity contribution is -0.115. The third kappa shape index (κ3) is 3.78. The second-order valence-electron chi connectivity index (χ2n) is 4.44. The molecule has 2 rings (SSSR count). The molecule has 0 fully saturated rings. The molecule has 9 heteroatoms. The van der Waals surface area contributed by atoms with Crippen LogP contribution < -0.4 is 5.32 Å². The topological polar surface area (TPSA) is 104 Å². The van der Waals surface area contributed by atoms with E-state index in [0.29, 0.717) is 5.39 Å². The van der Waals surface area contributed by atoms with Gasteiger partial charge in [-0.15, -0.1) is 0 Å². The van der Waals surface area contributed by atoms with Gasteiger partial charge in [0.05, 0.1) is 9.42 Å². The summed E-state index contributed by atoms with van der Waals surface area (Å²) in [7, 11) is -4.65. The van der Waals surface area contributed by atoms with E-state index < -0.39 is 20.9 Å². The summed E-state index contributed by atoms with van der Waals surface area (Å²) in [4.78, 5) is 11.3. The molecule has 2 aromatic carbocycles. The van der Waals surface area contributed by atoms with Gasteiger partial charge in [-0.1, -0.05) is 50.1 Å². The molecule has 0 aliphatic heterocycles. The molecular formula is C13H11Br2NO5S. The summed E-state index contributed by atoms with van der Waals surface area (Å²) in [5.74, 6) is -0.765. The molecule has 0 heterocycles. The van der Waals surface area contributed by atoms with Gasteiger partial charge >= 0.3 is 0 Å². The van der Waals surface area contributed by atoms with Crippen molar-refractivity contribution in [1.29, 1.82) is 0 Å². The Morgan fingerprint density at radius 1 is 1.23 bits per heavy atom. The first-order valence-electron chi connectivity index (χ1n) is 6.00. The molecular weight excluding hydrogens is 442 g/mol. The minimum absolute atomic E-state index is 0.0444. The molecule has 0 saturated heterocycles. The number of hydrogen-bond donors (Lipinski definition) is 3. The Morgan fingerprint density at radius 2 is 1.91 bits per heavy atom. The first-order chi connectivity index (χ1) is 10.2. The van der Waals surface area contributed by atoms with Gasteiger partial charge < -0.3 is 10.4 Å². The lowest BCUT2D eigenvalue weighted by atomic mass is 10.1. The van der Waals surface area contributed by atoms with Crippen LogP contribution in [0.1, 0.15) is 6.42 Å². The van der Waals surface area contributed by atoms with Gasteiger partial charge in [0, 0.05) is 11.8 Å². The van der Waals surface area contributed by atoms with E-state index >= 15 is 0 Å². The minimum Gasteiger partial charge on any atom is -0.507 e. The molecule has 0 unspecified atom stereocenters. The molecule has 1 amide bonds. The second kappa shape index (κ2) is 6.53. The quantitative estimate of drug-likeness (QED) is 0.488. The number of nitrogens with one attached hydrogen (secondary N) is 1. The number of anilines is 1. The number of carbonyl (C=O) groups excluding carboxylic acids is 1. The molecule has 0 aliphatic rings. The number of phenols is 1. The van der Waals surface area contributed by atoms with E-state index in [0.717, 1.165) is 0 Å². The van der Waals surface area contributed by atoms with Crippen molar-refractivity contribution >= 4 is 64.3 Å². The Balaban J connectivity index is 2.65. The van der Waals surface area contributed by atoms with Crippen molar-refractivity contribution in [3.63, 3.8) is 0 Å². The number of benzene rings is 2. The van der Waals surface area contributed by atoms with Gasteiger partial charge in [-0.25, -0.2) is 0 Å². The largest absolute Gasteiger partial charge is 0.507 e. The predicted molar refractivity (Wildman–Crippen MR) is 90.3 cm³/mol. The number of aromatic hydroxyl groups is 1. The molecule has 0 bridgehead atoms. The Labute approximate surface area is 143 Å². The fourth-order valence-electron chi connectivity index (χ4n) is 2.03. The fraction of sp³-hybridized carbons (Fsp3) is 0.154. The van der Waals surface area contributed by atoms with E-state index in [1.165, 1.54) is 12.1 Å². The smallest absolute Gasteiger partial charge is 0.297 e. The summed E-state index contributed by atoms with van der Waals surface area (Å²) in [6.45, 7) is 0. The van der Waals surface area contributed by atoms with Crippen LogP contribution in [0.25, 0.3) is 10.8 Å². The lowest BCUT2D eigenvalue weighted by Gasteiger charge is -2.13. The number of amides is 1. The molecule has 2 aromatic rings. The van der Waals surface area contributed by atoms with Crippen LogP contribution in [0.2, 0.25) is 0 Å². The van der Waals surface area contributed by atoms with Gasteiger partial charge in [0.2, 0.25) is 5.91 Å². The van der Waals surface area contributed by atoms with E-state index in [1.54, 1.807) is 18.2 Å². The minimum atomic E-state index is -4.65. The molecule has 6 nitrogen and oxygen atoms in total. The third-order valence-electron chi connectivity index (χ3n) is 2.85. The monoisotopic (exact) mass is 451 g/mol. The van der Waals surface area contributed by atoms with Crippen molar-refractivity contribution in [2.75, 3.05) is 5.32 Å². The van der Waals surface area contributed by atoms with Crippen LogP contribution in [0.3, 0.4) is 0 Å². The Bertz CT molecular complexity index is 836. The summed E-state index contributed by atoms with van der Waals surface area (Å²) >= 11 is 6.29. The molecule has 3 N–H and O–H groups in total. The average molecular weight is 453 g/mol. The van der Waals surface area contributed by atoms with E-state index in [9.17, 15) is 22.9 Å². The van der Waals surface area contributed by atoms with Gasteiger partial charge in [0.15, 0.2) is 0 Å². The highest BCUT2D eigenvalue weighted by atomic mass is 79.9. The number of fused-ring (bicyclic) bond motifs is 1. The van der Waals surface area contributed by atoms with Crippen LogP contribution in [-0.4, -0.2) is 27.7 Å². The predicted octanol–water partition coefficient (Wildman–Crippen LogP) is 3.24. The molecule has 0 aliphatic carbocycles. The second-order valence-corrected chi connectivity index (χ2v) is 9.23. The maximum Gasteiger partial charge on any atom is 0.297 e. The molecule has 0 saturated carbocycles. The fourth-order valence-corrected chi connectivity index (χ4v) is 3.50. The van der Waals surface area contributed by atoms with Crippen molar-refractivity contribution in [3.05, 3.63) is 30.3 Å². The number of phenolic OH excluding ortho intramolecular Hbond substituents is 1. The standard InChI is InChI=1S/C13H11Br2NO5S/c14-10(15)6-11(18)16-8-5-4-7-2-1-3-9(17)12(7)13(8)22(19,20)21/h1-5,10,17H,6H2,(H,16,18)(H,19,20,21). The highest BCUT2D eigenvalue weighted by Gasteiger charge is 2.23. The average Bonchev–Trinajstić information content (AvgIpc) is 2.36. The number of hydrogen-bond acceptors (Lipinski definition) is 4. The lowest BCUT2D eigenvalue weighted by Crippen LogP contribution is -2.16. The maximum atomic E-state index is 11.8. The zero-order chi connectivity index (χ0) is 16.5. The summed E-state index contributed by atoms with van der Waals surface area (Å²) in [6, 6.07) is 7.33. The van der Waals surface area contributed by atoms with E-state index in [1.807, 2.05) is 0 Å². The molecule has 0 radical (unpaired) electrons. The van der Waals surface area contributed by atoms with Crippen LogP contribution in [0.5, 0.6) is 5.75 Å². The number of rotatable bonds is 4. The zero-order valence-corrected chi connectivity index (χ0v) is 14.9. The number of alkyl halides is 2. The molecule has 22 heavy (non-hydrogen) atoms. The SMILES string of the molecule is O=C(CC(Br)Br)Nc1ccc2cccc(O)c2c1S(=O)(=O)O. The summed E-state index contributed by atoms with van der Waals surface area (Å²) in [5, 5.41) is 12.7. The summed E-state index contributed by atoms with van der Waals surface area (Å²) in [6.07, 6.45) is 0.0454. The van der Waals surface area contributed by atoms with E-state index in [-0.39, 0.29) is 27.0 Å². The van der Waals surface area contributed by atoms with E-state index in [2.05, 4.69) is 37.2 Å². The van der Waals surface area contributed by atoms with Crippen LogP contribution in [-0.2, 0) is 14.9 Å². The van der Waals surface area contributed by atoms with Gasteiger partial charge in [0.25, 0.3) is 10.1 Å². The van der Waals surface area contributed by atoms with Crippen molar-refractivity contribution in [3.8, 4) is 5.75 Å². The molecule has 118 valence electrons. The van der Waals surface area contributed by atoms with Gasteiger partial charge in [0.1, 0.15) is 10.6 Å². The first-order valence-corrected chi connectivity index (χ1v) is 9.27. The van der Waals surface area contributed by atoms with E-state index in [4.69, 9.17) is 0 Å². The molecule has 0 aromatic heterocycles. The molecule has 0 atom stereocenters. The van der Waals surface area contributed by atoms with Crippen LogP contribution in [0, 0.1) is 0 Å². The maximum absolute atomic E-state index is 11.8. The normalized spacial score (nSPS) is 11.8. The highest BCUT2D eigenvalue weighted by Crippen LogP contribution is 2.36. The highest BCUT2D eigenvalue weighted by molar-refractivity contribution is 9.24. The van der Waals surface area contributed by atoms with Crippen molar-refractivity contribution in [2.45, 2.75) is 15.1 Å². The Kier molecular flexibility index (Phi) is 5.10. The van der Waals surface area contributed by atoms with Gasteiger partial charge in [-0.3, -0.25) is 9.35 Å². The van der Waals surface area contributed by atoms with Gasteiger partial charge in [-0.2, -0.15) is 8.42 Å². The van der Waals surface area contributed by atoms with Crippen LogP contribution in [0.15, 0.2) is 35.2 Å². The Morgan fingerprint density at radius 3 is 2.50 bits per heavy atom. The summed E-state index contributed by atoms with van der Waals surface area (Å²) < 4.78 is 32.6. The zero-order valence-electron chi connectivity index (χ0n) is 11.0. The number of halogens is 2. The van der Waals surface area contributed by atoms with Crippen LogP contribution >= 0.6 is 31.9 Å². The van der Waals surface area contributed by atoms with Crippen molar-refractivity contribution in [2.24, 2.45) is 0 Å². The first kappa shape index (κ1) is 17.2. The van der Waals surface area contributed by atoms with Gasteiger partial charge in [-0.05, 0) is 17.5 Å². The van der Waals surface area contributed by atoms with Crippen molar-refractivity contribution < 1.29 is 22.9 Å².